The van der Waals surface area contributed by atoms with Gasteiger partial charge < -0.3 is 15.4 Å². The summed E-state index contributed by atoms with van der Waals surface area (Å²) in [5.41, 5.74) is 2.80. The minimum atomic E-state index is -0.625. The van der Waals surface area contributed by atoms with Gasteiger partial charge in [-0.1, -0.05) is 6.07 Å². The Labute approximate surface area is 202 Å². The molecule has 0 radical (unpaired) electrons. The summed E-state index contributed by atoms with van der Waals surface area (Å²) in [6.45, 7) is 0. The van der Waals surface area contributed by atoms with Crippen molar-refractivity contribution >= 4 is 22.6 Å². The number of benzene rings is 1. The fourth-order valence-electron chi connectivity index (χ4n) is 4.70. The highest BCUT2D eigenvalue weighted by Crippen LogP contribution is 2.36. The van der Waals surface area contributed by atoms with E-state index in [-0.39, 0.29) is 23.5 Å². The number of carbonyl (C=O) groups is 1. The molecule has 0 spiro atoms. The number of fused-ring (bicyclic) bond motifs is 1. The van der Waals surface area contributed by atoms with E-state index in [4.69, 9.17) is 9.84 Å². The second-order valence-electron chi connectivity index (χ2n) is 8.78. The van der Waals surface area contributed by atoms with Crippen LogP contribution in [-0.4, -0.2) is 50.7 Å². The Kier molecular flexibility index (Phi) is 6.10. The van der Waals surface area contributed by atoms with Crippen LogP contribution in [0.5, 0.6) is 5.75 Å². The van der Waals surface area contributed by atoms with E-state index in [9.17, 15) is 9.18 Å². The largest absolute Gasteiger partial charge is 0.487 e. The zero-order valence-electron chi connectivity index (χ0n) is 20.0. The molecule has 1 aromatic carbocycles. The molecule has 3 aromatic heterocycles. The van der Waals surface area contributed by atoms with Crippen LogP contribution in [-0.2, 0) is 7.05 Å². The van der Waals surface area contributed by atoms with Crippen molar-refractivity contribution in [2.24, 2.45) is 7.05 Å². The van der Waals surface area contributed by atoms with Gasteiger partial charge in [-0.05, 0) is 37.8 Å². The van der Waals surface area contributed by atoms with Crippen molar-refractivity contribution in [3.8, 4) is 17.0 Å². The molecule has 0 saturated heterocycles. The van der Waals surface area contributed by atoms with E-state index >= 15 is 0 Å². The summed E-state index contributed by atoms with van der Waals surface area (Å²) in [7, 11) is 5.21. The first-order valence-corrected chi connectivity index (χ1v) is 11.7. The SMILES string of the molecule is CNC(=O)c1cccc(O[C@H]2CC[C@@H](n3nc(-c4cnn(C)c4)c4cnc(NC)cc43)CC2)c1F. The molecule has 0 bridgehead atoms. The maximum absolute atomic E-state index is 14.8. The lowest BCUT2D eigenvalue weighted by atomic mass is 9.93. The summed E-state index contributed by atoms with van der Waals surface area (Å²) >= 11 is 0. The van der Waals surface area contributed by atoms with Gasteiger partial charge >= 0.3 is 0 Å². The van der Waals surface area contributed by atoms with Crippen LogP contribution in [0.25, 0.3) is 22.2 Å². The van der Waals surface area contributed by atoms with Gasteiger partial charge in [-0.2, -0.15) is 10.2 Å². The van der Waals surface area contributed by atoms with Crippen molar-refractivity contribution in [1.29, 1.82) is 0 Å². The topological polar surface area (TPSA) is 98.9 Å². The van der Waals surface area contributed by atoms with Crippen LogP contribution in [0.15, 0.2) is 42.9 Å². The molecule has 1 aliphatic rings. The van der Waals surface area contributed by atoms with Gasteiger partial charge in [-0.3, -0.25) is 14.2 Å². The molecule has 0 atom stereocenters. The third kappa shape index (κ3) is 4.31. The summed E-state index contributed by atoms with van der Waals surface area (Å²) in [5.74, 6) is -0.204. The Balaban J connectivity index is 1.37. The summed E-state index contributed by atoms with van der Waals surface area (Å²) in [5, 5.41) is 15.8. The number of aryl methyl sites for hydroxylation is 1. The van der Waals surface area contributed by atoms with Crippen LogP contribution in [0.2, 0.25) is 0 Å². The maximum Gasteiger partial charge on any atom is 0.254 e. The lowest BCUT2D eigenvalue weighted by Crippen LogP contribution is -2.27. The molecular formula is C25H28FN7O2. The minimum absolute atomic E-state index is 0.0152. The van der Waals surface area contributed by atoms with Crippen LogP contribution in [0.4, 0.5) is 10.2 Å². The first-order chi connectivity index (χ1) is 17.0. The second kappa shape index (κ2) is 9.36. The van der Waals surface area contributed by atoms with Crippen LogP contribution >= 0.6 is 0 Å². The van der Waals surface area contributed by atoms with Gasteiger partial charge in [-0.15, -0.1) is 0 Å². The van der Waals surface area contributed by atoms with Gasteiger partial charge in [0, 0.05) is 50.6 Å². The summed E-state index contributed by atoms with van der Waals surface area (Å²) in [4.78, 5) is 16.4. The number of rotatable bonds is 6. The molecular weight excluding hydrogens is 449 g/mol. The lowest BCUT2D eigenvalue weighted by molar-refractivity contribution is 0.0954. The molecule has 1 aliphatic carbocycles. The first-order valence-electron chi connectivity index (χ1n) is 11.7. The molecule has 1 fully saturated rings. The predicted octanol–water partition coefficient (Wildman–Crippen LogP) is 3.93. The Hall–Kier alpha value is -3.95. The van der Waals surface area contributed by atoms with E-state index < -0.39 is 11.7 Å². The minimum Gasteiger partial charge on any atom is -0.487 e. The average Bonchev–Trinajstić information content (AvgIpc) is 3.48. The number of amides is 1. The van der Waals surface area contributed by atoms with Gasteiger partial charge in [-0.25, -0.2) is 9.37 Å². The van der Waals surface area contributed by atoms with Crippen molar-refractivity contribution in [1.82, 2.24) is 29.9 Å². The smallest absolute Gasteiger partial charge is 0.254 e. The Morgan fingerprint density at radius 1 is 1.17 bits per heavy atom. The monoisotopic (exact) mass is 477 g/mol. The molecule has 10 heteroatoms. The predicted molar refractivity (Wildman–Crippen MR) is 131 cm³/mol. The lowest BCUT2D eigenvalue weighted by Gasteiger charge is -2.29. The van der Waals surface area contributed by atoms with Gasteiger partial charge in [0.15, 0.2) is 11.6 Å². The maximum atomic E-state index is 14.8. The number of hydrogen-bond donors (Lipinski definition) is 2. The van der Waals surface area contributed by atoms with Gasteiger partial charge in [0.1, 0.15) is 11.5 Å². The summed E-state index contributed by atoms with van der Waals surface area (Å²) in [6.07, 6.45) is 8.65. The summed E-state index contributed by atoms with van der Waals surface area (Å²) < 4.78 is 24.6. The number of carbonyl (C=O) groups excluding carboxylic acids is 1. The van der Waals surface area contributed by atoms with Crippen molar-refractivity contribution in [3.63, 3.8) is 0 Å². The van der Waals surface area contributed by atoms with E-state index in [1.165, 1.54) is 13.1 Å². The Bertz CT molecular complexity index is 1370. The van der Waals surface area contributed by atoms with Crippen molar-refractivity contribution < 1.29 is 13.9 Å². The summed E-state index contributed by atoms with van der Waals surface area (Å²) in [6, 6.07) is 6.86. The molecule has 2 N–H and O–H groups in total. The van der Waals surface area contributed by atoms with E-state index in [1.807, 2.05) is 38.8 Å². The fourth-order valence-corrected chi connectivity index (χ4v) is 4.70. The van der Waals surface area contributed by atoms with E-state index in [1.54, 1.807) is 16.8 Å². The third-order valence-electron chi connectivity index (χ3n) is 6.54. The molecule has 0 unspecified atom stereocenters. The molecule has 1 saturated carbocycles. The molecule has 9 nitrogen and oxygen atoms in total. The first kappa shape index (κ1) is 22.8. The van der Waals surface area contributed by atoms with Crippen LogP contribution in [0, 0.1) is 5.82 Å². The molecule has 182 valence electrons. The highest BCUT2D eigenvalue weighted by molar-refractivity contribution is 5.95. The van der Waals surface area contributed by atoms with E-state index in [0.717, 1.165) is 53.7 Å². The normalized spacial score (nSPS) is 17.9. The Morgan fingerprint density at radius 2 is 1.97 bits per heavy atom. The van der Waals surface area contributed by atoms with Crippen LogP contribution in [0.3, 0.4) is 0 Å². The zero-order chi connectivity index (χ0) is 24.5. The Morgan fingerprint density at radius 3 is 2.66 bits per heavy atom. The number of aromatic nitrogens is 5. The van der Waals surface area contributed by atoms with Crippen LogP contribution < -0.4 is 15.4 Å². The molecule has 4 aromatic rings. The molecule has 35 heavy (non-hydrogen) atoms. The van der Waals surface area contributed by atoms with Crippen molar-refractivity contribution in [2.45, 2.75) is 37.8 Å². The van der Waals surface area contributed by atoms with Crippen molar-refractivity contribution in [3.05, 3.63) is 54.2 Å². The molecule has 0 aliphatic heterocycles. The standard InChI is InChI=1S/C25H28FN7O2/c1-27-22-11-20-19(13-29-22)24(15-12-30-32(3)14-15)31-33(20)16-7-9-17(10-8-16)35-21-6-4-5-18(23(21)26)25(34)28-2/h4-6,11-14,16-17H,7-10H2,1-3H3,(H,27,29)(H,28,34)/t16-,17+. The number of ether oxygens (including phenoxy) is 1. The average molecular weight is 478 g/mol. The molecule has 3 heterocycles. The highest BCUT2D eigenvalue weighted by atomic mass is 19.1. The van der Waals surface area contributed by atoms with Crippen molar-refractivity contribution in [2.75, 3.05) is 19.4 Å². The third-order valence-corrected chi connectivity index (χ3v) is 6.54. The number of halogens is 1. The molecule has 5 rings (SSSR count). The van der Waals surface area contributed by atoms with E-state index in [2.05, 4.69) is 25.4 Å². The quantitative estimate of drug-likeness (QED) is 0.437. The van der Waals surface area contributed by atoms with Gasteiger partial charge in [0.05, 0.1) is 29.4 Å². The number of nitrogens with one attached hydrogen (secondary N) is 2. The van der Waals surface area contributed by atoms with E-state index in [0.29, 0.717) is 0 Å². The number of nitrogens with zero attached hydrogens (tertiary/aromatic N) is 5. The fraction of sp³-hybridized carbons (Fsp3) is 0.360. The number of hydrogen-bond acceptors (Lipinski definition) is 6. The number of anilines is 1. The number of pyridine rings is 1. The van der Waals surface area contributed by atoms with Crippen LogP contribution in [0.1, 0.15) is 42.1 Å². The zero-order valence-corrected chi connectivity index (χ0v) is 20.0. The van der Waals surface area contributed by atoms with Gasteiger partial charge in [0.25, 0.3) is 5.91 Å². The second-order valence-corrected chi connectivity index (χ2v) is 8.78. The molecule has 1 amide bonds. The van der Waals surface area contributed by atoms with Gasteiger partial charge in [0.2, 0.25) is 0 Å². The highest BCUT2D eigenvalue weighted by Gasteiger charge is 2.28.